The first-order valence-corrected chi connectivity index (χ1v) is 6.84. The zero-order valence-electron chi connectivity index (χ0n) is 12.1. The van der Waals surface area contributed by atoms with Crippen molar-refractivity contribution in [3.63, 3.8) is 0 Å². The molecule has 0 amide bonds. The molecular formula is C14H23IN4O. The topological polar surface area (TPSA) is 58.5 Å². The fourth-order valence-electron chi connectivity index (χ4n) is 1.72. The van der Waals surface area contributed by atoms with Crippen molar-refractivity contribution in [1.82, 2.24) is 15.6 Å². The fourth-order valence-corrected chi connectivity index (χ4v) is 1.72. The van der Waals surface area contributed by atoms with Crippen LogP contribution in [0.4, 0.5) is 0 Å². The Hall–Kier alpha value is -1.05. The van der Waals surface area contributed by atoms with Crippen LogP contribution in [-0.2, 0) is 6.54 Å². The average Bonchev–Trinajstić information content (AvgIpc) is 3.26. The summed E-state index contributed by atoms with van der Waals surface area (Å²) in [5.74, 6) is 2.32. The molecule has 1 heterocycles. The van der Waals surface area contributed by atoms with Gasteiger partial charge in [0.15, 0.2) is 5.96 Å². The summed E-state index contributed by atoms with van der Waals surface area (Å²) >= 11 is 0. The lowest BCUT2D eigenvalue weighted by atomic mass is 10.3. The van der Waals surface area contributed by atoms with E-state index in [1.165, 1.54) is 12.8 Å². The van der Waals surface area contributed by atoms with Gasteiger partial charge in [-0.2, -0.15) is 0 Å². The molecule has 0 saturated heterocycles. The quantitative estimate of drug-likeness (QED) is 0.444. The van der Waals surface area contributed by atoms with Gasteiger partial charge in [-0.05, 0) is 31.7 Å². The molecule has 0 spiro atoms. The van der Waals surface area contributed by atoms with Gasteiger partial charge in [-0.1, -0.05) is 6.07 Å². The van der Waals surface area contributed by atoms with Crippen LogP contribution in [-0.4, -0.2) is 31.1 Å². The van der Waals surface area contributed by atoms with Gasteiger partial charge in [-0.15, -0.1) is 24.0 Å². The zero-order valence-corrected chi connectivity index (χ0v) is 14.4. The molecule has 0 radical (unpaired) electrons. The maximum absolute atomic E-state index is 5.11. The predicted octanol–water partition coefficient (Wildman–Crippen LogP) is 2.17. The third kappa shape index (κ3) is 5.94. The zero-order chi connectivity index (χ0) is 13.5. The Morgan fingerprint density at radius 3 is 2.85 bits per heavy atom. The summed E-state index contributed by atoms with van der Waals surface area (Å²) < 4.78 is 5.11. The predicted molar refractivity (Wildman–Crippen MR) is 91.7 cm³/mol. The first-order valence-electron chi connectivity index (χ1n) is 6.84. The number of hydrogen-bond acceptors (Lipinski definition) is 3. The highest BCUT2D eigenvalue weighted by molar-refractivity contribution is 14.0. The number of guanidine groups is 1. The summed E-state index contributed by atoms with van der Waals surface area (Å²) in [6.07, 6.45) is 2.67. The molecule has 2 N–H and O–H groups in total. The lowest BCUT2D eigenvalue weighted by molar-refractivity contribution is 0.396. The molecule has 112 valence electrons. The molecule has 1 aromatic heterocycles. The molecule has 5 nitrogen and oxygen atoms in total. The number of aromatic nitrogens is 1. The molecule has 0 bridgehead atoms. The van der Waals surface area contributed by atoms with Crippen LogP contribution in [0.5, 0.6) is 5.88 Å². The molecule has 0 atom stereocenters. The van der Waals surface area contributed by atoms with Gasteiger partial charge in [0.25, 0.3) is 0 Å². The molecule has 0 aromatic carbocycles. The first kappa shape index (κ1) is 17.0. The van der Waals surface area contributed by atoms with Crippen molar-refractivity contribution in [3.05, 3.63) is 23.9 Å². The highest BCUT2D eigenvalue weighted by Gasteiger charge is 2.20. The smallest absolute Gasteiger partial charge is 0.213 e. The van der Waals surface area contributed by atoms with Gasteiger partial charge in [-0.25, -0.2) is 9.98 Å². The average molecular weight is 390 g/mol. The summed E-state index contributed by atoms with van der Waals surface area (Å²) in [5.41, 5.74) is 0.906. The van der Waals surface area contributed by atoms with Crippen LogP contribution in [0.3, 0.4) is 0 Å². The highest BCUT2D eigenvalue weighted by atomic mass is 127. The van der Waals surface area contributed by atoms with E-state index in [4.69, 9.17) is 4.74 Å². The molecule has 0 unspecified atom stereocenters. The van der Waals surface area contributed by atoms with E-state index in [0.717, 1.165) is 30.7 Å². The second-order valence-corrected chi connectivity index (χ2v) is 4.69. The number of rotatable bonds is 6. The maximum atomic E-state index is 5.11. The summed E-state index contributed by atoms with van der Waals surface area (Å²) in [5, 5.41) is 6.61. The van der Waals surface area contributed by atoms with Gasteiger partial charge >= 0.3 is 0 Å². The minimum Gasteiger partial charge on any atom is -0.481 e. The SMILES string of the molecule is CCNC(=NCc1cccc(OC)n1)NCC1CC1.I. The molecule has 1 aliphatic rings. The normalized spacial score (nSPS) is 14.4. The van der Waals surface area contributed by atoms with Crippen LogP contribution in [0, 0.1) is 5.92 Å². The Kier molecular flexibility index (Phi) is 7.64. The molecule has 1 fully saturated rings. The van der Waals surface area contributed by atoms with Crippen LogP contribution in [0.1, 0.15) is 25.5 Å². The van der Waals surface area contributed by atoms with Crippen LogP contribution in [0.25, 0.3) is 0 Å². The van der Waals surface area contributed by atoms with Gasteiger partial charge < -0.3 is 15.4 Å². The Bertz CT molecular complexity index is 435. The van der Waals surface area contributed by atoms with E-state index >= 15 is 0 Å². The highest BCUT2D eigenvalue weighted by Crippen LogP contribution is 2.27. The number of nitrogens with one attached hydrogen (secondary N) is 2. The molecule has 6 heteroatoms. The fraction of sp³-hybridized carbons (Fsp3) is 0.571. The summed E-state index contributed by atoms with van der Waals surface area (Å²) in [6.45, 7) is 4.49. The van der Waals surface area contributed by atoms with Crippen molar-refractivity contribution in [2.24, 2.45) is 10.9 Å². The van der Waals surface area contributed by atoms with Gasteiger partial charge in [0.1, 0.15) is 0 Å². The van der Waals surface area contributed by atoms with E-state index in [1.54, 1.807) is 7.11 Å². The standard InChI is InChI=1S/C14H22N4O.HI/c1-3-15-14(16-9-11-7-8-11)17-10-12-5-4-6-13(18-12)19-2;/h4-6,11H,3,7-10H2,1-2H3,(H2,15,16,17);1H. The second kappa shape index (κ2) is 8.99. The van der Waals surface area contributed by atoms with Crippen molar-refractivity contribution < 1.29 is 4.74 Å². The van der Waals surface area contributed by atoms with Gasteiger partial charge in [0.2, 0.25) is 5.88 Å². The van der Waals surface area contributed by atoms with Gasteiger partial charge in [-0.3, -0.25) is 0 Å². The molecule has 2 rings (SSSR count). The number of ether oxygens (including phenoxy) is 1. The summed E-state index contributed by atoms with van der Waals surface area (Å²) in [6, 6.07) is 5.72. The number of methoxy groups -OCH3 is 1. The molecule has 1 aromatic rings. The first-order chi connectivity index (χ1) is 9.31. The number of halogens is 1. The molecule has 1 saturated carbocycles. The minimum absolute atomic E-state index is 0. The Labute approximate surface area is 137 Å². The number of aliphatic imine (C=N–C) groups is 1. The summed E-state index contributed by atoms with van der Waals surface area (Å²) in [7, 11) is 1.62. The Morgan fingerprint density at radius 1 is 1.40 bits per heavy atom. The molecule has 0 aliphatic heterocycles. The third-order valence-electron chi connectivity index (χ3n) is 2.99. The van der Waals surface area contributed by atoms with Crippen LogP contribution in [0.15, 0.2) is 23.2 Å². The van der Waals surface area contributed by atoms with Crippen LogP contribution < -0.4 is 15.4 Å². The molecular weight excluding hydrogens is 367 g/mol. The minimum atomic E-state index is 0. The molecule has 1 aliphatic carbocycles. The second-order valence-electron chi connectivity index (χ2n) is 4.69. The lowest BCUT2D eigenvalue weighted by Crippen LogP contribution is -2.38. The number of hydrogen-bond donors (Lipinski definition) is 2. The van der Waals surface area contributed by atoms with Crippen molar-refractivity contribution >= 4 is 29.9 Å². The van der Waals surface area contributed by atoms with Crippen LogP contribution in [0.2, 0.25) is 0 Å². The maximum Gasteiger partial charge on any atom is 0.213 e. The number of pyridine rings is 1. The Morgan fingerprint density at radius 2 is 2.20 bits per heavy atom. The van der Waals surface area contributed by atoms with Crippen molar-refractivity contribution in [2.75, 3.05) is 20.2 Å². The van der Waals surface area contributed by atoms with E-state index < -0.39 is 0 Å². The van der Waals surface area contributed by atoms with E-state index in [-0.39, 0.29) is 24.0 Å². The largest absolute Gasteiger partial charge is 0.481 e. The van der Waals surface area contributed by atoms with Crippen molar-refractivity contribution in [2.45, 2.75) is 26.3 Å². The van der Waals surface area contributed by atoms with E-state index in [0.29, 0.717) is 12.4 Å². The van der Waals surface area contributed by atoms with E-state index in [9.17, 15) is 0 Å². The monoisotopic (exact) mass is 390 g/mol. The van der Waals surface area contributed by atoms with E-state index in [1.807, 2.05) is 18.2 Å². The van der Waals surface area contributed by atoms with Gasteiger partial charge in [0, 0.05) is 19.2 Å². The van der Waals surface area contributed by atoms with Crippen molar-refractivity contribution in [1.29, 1.82) is 0 Å². The third-order valence-corrected chi connectivity index (χ3v) is 2.99. The summed E-state index contributed by atoms with van der Waals surface area (Å²) in [4.78, 5) is 8.88. The lowest BCUT2D eigenvalue weighted by Gasteiger charge is -2.10. The van der Waals surface area contributed by atoms with Gasteiger partial charge in [0.05, 0.1) is 19.3 Å². The van der Waals surface area contributed by atoms with Crippen LogP contribution >= 0.6 is 24.0 Å². The number of nitrogens with zero attached hydrogens (tertiary/aromatic N) is 2. The molecule has 20 heavy (non-hydrogen) atoms. The Balaban J connectivity index is 0.00000200. The van der Waals surface area contributed by atoms with E-state index in [2.05, 4.69) is 27.5 Å². The van der Waals surface area contributed by atoms with Crippen molar-refractivity contribution in [3.8, 4) is 5.88 Å².